The largest absolute Gasteiger partial charge is 0.394 e. The van der Waals surface area contributed by atoms with Crippen molar-refractivity contribution in [2.75, 3.05) is 11.1 Å². The number of nitrogens with two attached hydrogens (primary N) is 1. The van der Waals surface area contributed by atoms with Gasteiger partial charge in [-0.1, -0.05) is 6.92 Å². The quantitative estimate of drug-likeness (QED) is 0.856. The lowest BCUT2D eigenvalue weighted by molar-refractivity contribution is 0.768. The molecule has 86 valence electrons. The zero-order valence-corrected chi connectivity index (χ0v) is 10.3. The van der Waals surface area contributed by atoms with Crippen LogP contribution in [0.5, 0.6) is 0 Å². The summed E-state index contributed by atoms with van der Waals surface area (Å²) in [6.45, 7) is 2.95. The number of nitrogens with zero attached hydrogens (tertiary/aromatic N) is 2. The summed E-state index contributed by atoms with van der Waals surface area (Å²) in [5, 5.41) is 7.48. The lowest BCUT2D eigenvalue weighted by Gasteiger charge is -2.01. The maximum absolute atomic E-state index is 5.79. The van der Waals surface area contributed by atoms with Crippen LogP contribution in [0.2, 0.25) is 0 Å². The molecule has 0 aromatic carbocycles. The number of anilines is 2. The summed E-state index contributed by atoms with van der Waals surface area (Å²) >= 11 is 1.83. The van der Waals surface area contributed by atoms with E-state index in [0.717, 1.165) is 18.8 Å². The van der Waals surface area contributed by atoms with E-state index in [-0.39, 0.29) is 0 Å². The molecular weight excluding hydrogens is 220 g/mol. The van der Waals surface area contributed by atoms with Gasteiger partial charge in [-0.2, -0.15) is 5.10 Å². The first-order valence-electron chi connectivity index (χ1n) is 5.29. The molecule has 0 aliphatic carbocycles. The van der Waals surface area contributed by atoms with E-state index in [1.807, 2.05) is 18.4 Å². The van der Waals surface area contributed by atoms with Crippen LogP contribution in [-0.2, 0) is 20.0 Å². The monoisotopic (exact) mass is 236 g/mol. The predicted octanol–water partition coefficient (Wildman–Crippen LogP) is 2.24. The molecule has 0 aliphatic heterocycles. The Balaban J connectivity index is 1.99. The number of aromatic nitrogens is 2. The Bertz CT molecular complexity index is 472. The molecule has 0 aliphatic rings. The third-order valence-corrected chi connectivity index (χ3v) is 3.58. The molecular formula is C11H16N4S. The van der Waals surface area contributed by atoms with E-state index < -0.39 is 0 Å². The first kappa shape index (κ1) is 11.0. The minimum absolute atomic E-state index is 0.690. The summed E-state index contributed by atoms with van der Waals surface area (Å²) in [4.78, 5) is 2.72. The van der Waals surface area contributed by atoms with Gasteiger partial charge in [-0.15, -0.1) is 11.3 Å². The average Bonchev–Trinajstić information content (AvgIpc) is 2.82. The topological polar surface area (TPSA) is 55.9 Å². The highest BCUT2D eigenvalue weighted by Gasteiger charge is 2.04. The Labute approximate surface area is 99.1 Å². The summed E-state index contributed by atoms with van der Waals surface area (Å²) in [6, 6.07) is 4.32. The molecule has 2 heterocycles. The number of nitrogens with one attached hydrogen (secondary N) is 1. The van der Waals surface area contributed by atoms with Crippen molar-refractivity contribution in [1.29, 1.82) is 0 Å². The highest BCUT2D eigenvalue weighted by atomic mass is 32.1. The smallest absolute Gasteiger partial charge is 0.171 e. The molecule has 4 nitrogen and oxygen atoms in total. The molecule has 0 saturated carbocycles. The fourth-order valence-corrected chi connectivity index (χ4v) is 2.42. The molecule has 2 aromatic rings. The molecule has 0 saturated heterocycles. The van der Waals surface area contributed by atoms with Crippen molar-refractivity contribution in [3.63, 3.8) is 0 Å². The van der Waals surface area contributed by atoms with Crippen LogP contribution in [0.25, 0.3) is 0 Å². The highest BCUT2D eigenvalue weighted by molar-refractivity contribution is 7.12. The maximum Gasteiger partial charge on any atom is 0.171 e. The molecule has 0 amide bonds. The molecule has 0 bridgehead atoms. The van der Waals surface area contributed by atoms with Crippen molar-refractivity contribution in [2.24, 2.45) is 7.05 Å². The molecule has 2 aromatic heterocycles. The normalized spacial score (nSPS) is 10.6. The van der Waals surface area contributed by atoms with Crippen LogP contribution in [0.3, 0.4) is 0 Å². The number of nitrogen functional groups attached to an aromatic ring is 1. The molecule has 0 fully saturated rings. The van der Waals surface area contributed by atoms with Crippen molar-refractivity contribution in [3.8, 4) is 0 Å². The van der Waals surface area contributed by atoms with Crippen LogP contribution in [0.15, 0.2) is 18.3 Å². The lowest BCUT2D eigenvalue weighted by atomic mass is 10.3. The van der Waals surface area contributed by atoms with Crippen molar-refractivity contribution in [2.45, 2.75) is 19.9 Å². The van der Waals surface area contributed by atoms with E-state index in [4.69, 9.17) is 5.73 Å². The number of hydrogen-bond acceptors (Lipinski definition) is 4. The third-order valence-electron chi connectivity index (χ3n) is 2.35. The Morgan fingerprint density at radius 1 is 1.44 bits per heavy atom. The van der Waals surface area contributed by atoms with Crippen LogP contribution < -0.4 is 11.1 Å². The Kier molecular flexibility index (Phi) is 3.14. The molecule has 0 atom stereocenters. The molecule has 0 radical (unpaired) electrons. The lowest BCUT2D eigenvalue weighted by Crippen LogP contribution is -2.01. The van der Waals surface area contributed by atoms with Crippen LogP contribution in [0, 0.1) is 0 Å². The van der Waals surface area contributed by atoms with Gasteiger partial charge in [0, 0.05) is 23.0 Å². The predicted molar refractivity (Wildman–Crippen MR) is 68.6 cm³/mol. The molecule has 0 spiro atoms. The summed E-state index contributed by atoms with van der Waals surface area (Å²) in [5.41, 5.74) is 6.48. The second kappa shape index (κ2) is 4.57. The Hall–Kier alpha value is -1.49. The van der Waals surface area contributed by atoms with Gasteiger partial charge in [-0.25, -0.2) is 0 Å². The molecule has 5 heteroatoms. The van der Waals surface area contributed by atoms with Crippen molar-refractivity contribution in [1.82, 2.24) is 9.78 Å². The highest BCUT2D eigenvalue weighted by Crippen LogP contribution is 2.20. The Morgan fingerprint density at radius 3 is 2.75 bits per heavy atom. The van der Waals surface area contributed by atoms with Crippen LogP contribution in [-0.4, -0.2) is 9.78 Å². The molecule has 0 unspecified atom stereocenters. The zero-order chi connectivity index (χ0) is 11.5. The van der Waals surface area contributed by atoms with Gasteiger partial charge in [0.25, 0.3) is 0 Å². The summed E-state index contributed by atoms with van der Waals surface area (Å²) in [7, 11) is 1.86. The zero-order valence-electron chi connectivity index (χ0n) is 9.53. The SMILES string of the molecule is CCc1ccc(CNc2nn(C)cc2N)s1. The minimum Gasteiger partial charge on any atom is -0.394 e. The summed E-state index contributed by atoms with van der Waals surface area (Å²) < 4.78 is 1.71. The number of thiophene rings is 1. The standard InChI is InChI=1S/C11H16N4S/c1-3-8-4-5-9(16-8)6-13-11-10(12)7-15(2)14-11/h4-5,7H,3,6,12H2,1-2H3,(H,13,14). The van der Waals surface area contributed by atoms with E-state index in [2.05, 4.69) is 29.5 Å². The summed E-state index contributed by atoms with van der Waals surface area (Å²) in [5.74, 6) is 0.758. The van der Waals surface area contributed by atoms with Crippen molar-refractivity contribution in [3.05, 3.63) is 28.1 Å². The summed E-state index contributed by atoms with van der Waals surface area (Å²) in [6.07, 6.45) is 2.89. The van der Waals surface area contributed by atoms with Gasteiger partial charge in [0.15, 0.2) is 5.82 Å². The van der Waals surface area contributed by atoms with Crippen LogP contribution in [0.1, 0.15) is 16.7 Å². The molecule has 2 rings (SSSR count). The van der Waals surface area contributed by atoms with Gasteiger partial charge in [0.1, 0.15) is 0 Å². The first-order chi connectivity index (χ1) is 7.69. The van der Waals surface area contributed by atoms with Gasteiger partial charge < -0.3 is 11.1 Å². The number of hydrogen-bond donors (Lipinski definition) is 2. The minimum atomic E-state index is 0.690. The average molecular weight is 236 g/mol. The molecule has 16 heavy (non-hydrogen) atoms. The second-order valence-electron chi connectivity index (χ2n) is 3.68. The van der Waals surface area contributed by atoms with Gasteiger partial charge in [-0.3, -0.25) is 4.68 Å². The van der Waals surface area contributed by atoms with Crippen LogP contribution >= 0.6 is 11.3 Å². The molecule has 3 N–H and O–H groups in total. The van der Waals surface area contributed by atoms with E-state index in [1.165, 1.54) is 9.75 Å². The number of rotatable bonds is 4. The first-order valence-corrected chi connectivity index (χ1v) is 6.11. The van der Waals surface area contributed by atoms with E-state index >= 15 is 0 Å². The Morgan fingerprint density at radius 2 is 2.19 bits per heavy atom. The fourth-order valence-electron chi connectivity index (χ4n) is 1.52. The number of aryl methyl sites for hydroxylation is 2. The van der Waals surface area contributed by atoms with Crippen molar-refractivity contribution >= 4 is 22.8 Å². The third kappa shape index (κ3) is 2.36. The van der Waals surface area contributed by atoms with Gasteiger partial charge in [-0.05, 0) is 18.6 Å². The van der Waals surface area contributed by atoms with Crippen LogP contribution in [0.4, 0.5) is 11.5 Å². The fraction of sp³-hybridized carbons (Fsp3) is 0.364. The van der Waals surface area contributed by atoms with Crippen molar-refractivity contribution < 1.29 is 0 Å². The van der Waals surface area contributed by atoms with E-state index in [1.54, 1.807) is 10.9 Å². The van der Waals surface area contributed by atoms with Gasteiger partial charge in [0.05, 0.1) is 12.2 Å². The second-order valence-corrected chi connectivity index (χ2v) is 4.93. The van der Waals surface area contributed by atoms with Gasteiger partial charge in [0.2, 0.25) is 0 Å². The van der Waals surface area contributed by atoms with E-state index in [0.29, 0.717) is 5.69 Å². The maximum atomic E-state index is 5.79. The van der Waals surface area contributed by atoms with Gasteiger partial charge >= 0.3 is 0 Å². The van der Waals surface area contributed by atoms with E-state index in [9.17, 15) is 0 Å².